The number of nitrogens with two attached hydrogens (primary N) is 1. The molecule has 1 atom stereocenters. The van der Waals surface area contributed by atoms with E-state index in [9.17, 15) is 4.39 Å². The summed E-state index contributed by atoms with van der Waals surface area (Å²) in [5, 5.41) is 0.121. The van der Waals surface area contributed by atoms with Crippen molar-refractivity contribution in [2.75, 3.05) is 7.11 Å². The summed E-state index contributed by atoms with van der Waals surface area (Å²) in [7, 11) is 1.57. The maximum Gasteiger partial charge on any atom is 0.212 e. The molecular weight excluding hydrogens is 293 g/mol. The van der Waals surface area contributed by atoms with Gasteiger partial charge in [0.2, 0.25) is 5.88 Å². The summed E-state index contributed by atoms with van der Waals surface area (Å²) in [6, 6.07) is 8.47. The van der Waals surface area contributed by atoms with E-state index in [0.29, 0.717) is 18.7 Å². The van der Waals surface area contributed by atoms with Crippen LogP contribution in [0, 0.1) is 5.82 Å². The van der Waals surface area contributed by atoms with E-state index >= 15 is 0 Å². The average Bonchev–Trinajstić information content (AvgIpc) is 2.51. The first kappa shape index (κ1) is 15.7. The molecule has 0 radical (unpaired) electrons. The first-order valence-electron chi connectivity index (χ1n) is 6.51. The minimum atomic E-state index is -0.420. The van der Waals surface area contributed by atoms with Crippen LogP contribution in [0.25, 0.3) is 0 Å². The van der Waals surface area contributed by atoms with Crippen molar-refractivity contribution < 1.29 is 9.13 Å². The molecule has 4 nitrogen and oxygen atoms in total. The third-order valence-electron chi connectivity index (χ3n) is 3.19. The zero-order chi connectivity index (χ0) is 15.2. The second kappa shape index (κ2) is 7.36. The highest BCUT2D eigenvalue weighted by Gasteiger charge is 2.11. The molecule has 0 aliphatic carbocycles. The van der Waals surface area contributed by atoms with Crippen molar-refractivity contribution in [2.24, 2.45) is 5.84 Å². The summed E-state index contributed by atoms with van der Waals surface area (Å²) in [6.07, 6.45) is 3.01. The molecule has 0 bridgehead atoms. The molecule has 112 valence electrons. The Morgan fingerprint density at radius 3 is 2.57 bits per heavy atom. The molecule has 1 aromatic carbocycles. The lowest BCUT2D eigenvalue weighted by atomic mass is 10.0. The number of rotatable bonds is 6. The van der Waals surface area contributed by atoms with Gasteiger partial charge in [0.15, 0.2) is 0 Å². The highest BCUT2D eigenvalue weighted by molar-refractivity contribution is 6.30. The van der Waals surface area contributed by atoms with Crippen LogP contribution in [0.15, 0.2) is 36.5 Å². The molecule has 0 saturated heterocycles. The second-order valence-corrected chi connectivity index (χ2v) is 5.14. The van der Waals surface area contributed by atoms with E-state index < -0.39 is 5.82 Å². The predicted molar refractivity (Wildman–Crippen MR) is 80.7 cm³/mol. The molecule has 0 spiro atoms. The Hall–Kier alpha value is -1.69. The van der Waals surface area contributed by atoms with Crippen LogP contribution in [0.1, 0.15) is 11.1 Å². The third kappa shape index (κ3) is 4.39. The van der Waals surface area contributed by atoms with E-state index in [-0.39, 0.29) is 11.1 Å². The summed E-state index contributed by atoms with van der Waals surface area (Å²) in [5.41, 5.74) is 4.60. The minimum Gasteiger partial charge on any atom is -0.481 e. The van der Waals surface area contributed by atoms with E-state index in [1.54, 1.807) is 31.5 Å². The summed E-state index contributed by atoms with van der Waals surface area (Å²) >= 11 is 5.67. The van der Waals surface area contributed by atoms with Crippen molar-refractivity contribution in [3.63, 3.8) is 0 Å². The molecule has 1 aromatic heterocycles. The van der Waals surface area contributed by atoms with Crippen LogP contribution in [0.3, 0.4) is 0 Å². The van der Waals surface area contributed by atoms with E-state index in [4.69, 9.17) is 22.2 Å². The van der Waals surface area contributed by atoms with Gasteiger partial charge in [0, 0.05) is 18.3 Å². The number of aromatic nitrogens is 1. The number of benzene rings is 1. The van der Waals surface area contributed by atoms with E-state index in [1.165, 1.54) is 6.07 Å². The van der Waals surface area contributed by atoms with Crippen LogP contribution < -0.4 is 16.0 Å². The molecule has 0 saturated carbocycles. The Morgan fingerprint density at radius 1 is 1.29 bits per heavy atom. The number of nitrogens with zero attached hydrogens (tertiary/aromatic N) is 1. The molecule has 21 heavy (non-hydrogen) atoms. The molecule has 2 aromatic rings. The van der Waals surface area contributed by atoms with Crippen molar-refractivity contribution in [3.05, 3.63) is 58.5 Å². The number of pyridine rings is 1. The smallest absolute Gasteiger partial charge is 0.212 e. The normalized spacial score (nSPS) is 12.2. The predicted octanol–water partition coefficient (Wildman–Crippen LogP) is 2.50. The summed E-state index contributed by atoms with van der Waals surface area (Å²) in [4.78, 5) is 4.15. The fourth-order valence-electron chi connectivity index (χ4n) is 2.08. The van der Waals surface area contributed by atoms with Gasteiger partial charge in [0.25, 0.3) is 0 Å². The van der Waals surface area contributed by atoms with Crippen LogP contribution in [-0.4, -0.2) is 18.1 Å². The number of ether oxygens (including phenoxy) is 1. The van der Waals surface area contributed by atoms with Crippen LogP contribution in [0.2, 0.25) is 5.02 Å². The lowest BCUT2D eigenvalue weighted by Gasteiger charge is -2.16. The SMILES string of the molecule is COc1ccc(CC(Cc2ccc(Cl)c(F)c2)NN)cn1. The lowest BCUT2D eigenvalue weighted by molar-refractivity contribution is 0.397. The van der Waals surface area contributed by atoms with Gasteiger partial charge in [0.05, 0.1) is 12.1 Å². The van der Waals surface area contributed by atoms with Gasteiger partial charge in [-0.15, -0.1) is 0 Å². The van der Waals surface area contributed by atoms with Gasteiger partial charge < -0.3 is 4.74 Å². The van der Waals surface area contributed by atoms with Crippen molar-refractivity contribution in [3.8, 4) is 5.88 Å². The summed E-state index contributed by atoms with van der Waals surface area (Å²) in [6.45, 7) is 0. The van der Waals surface area contributed by atoms with Gasteiger partial charge in [-0.25, -0.2) is 9.37 Å². The summed E-state index contributed by atoms with van der Waals surface area (Å²) < 4.78 is 18.5. The Kier molecular flexibility index (Phi) is 5.50. The molecule has 6 heteroatoms. The molecule has 1 heterocycles. The molecule has 0 aliphatic rings. The quantitative estimate of drug-likeness (QED) is 0.636. The zero-order valence-electron chi connectivity index (χ0n) is 11.6. The Bertz CT molecular complexity index is 592. The van der Waals surface area contributed by atoms with Crippen molar-refractivity contribution in [1.29, 1.82) is 0 Å². The first-order valence-corrected chi connectivity index (χ1v) is 6.89. The second-order valence-electron chi connectivity index (χ2n) is 4.73. The largest absolute Gasteiger partial charge is 0.481 e. The van der Waals surface area contributed by atoms with Crippen LogP contribution in [0.4, 0.5) is 4.39 Å². The fourth-order valence-corrected chi connectivity index (χ4v) is 2.20. The number of hydrazine groups is 1. The Morgan fingerprint density at radius 2 is 2.00 bits per heavy atom. The highest BCUT2D eigenvalue weighted by Crippen LogP contribution is 2.17. The van der Waals surface area contributed by atoms with Gasteiger partial charge in [-0.3, -0.25) is 11.3 Å². The number of nitrogens with one attached hydrogen (secondary N) is 1. The van der Waals surface area contributed by atoms with E-state index in [1.807, 2.05) is 6.07 Å². The van der Waals surface area contributed by atoms with Gasteiger partial charge in [-0.05, 0) is 36.1 Å². The monoisotopic (exact) mass is 309 g/mol. The van der Waals surface area contributed by atoms with Crippen LogP contribution >= 0.6 is 11.6 Å². The van der Waals surface area contributed by atoms with Gasteiger partial charge in [-0.2, -0.15) is 0 Å². The molecule has 0 fully saturated rings. The first-order chi connectivity index (χ1) is 10.1. The van der Waals surface area contributed by atoms with Crippen LogP contribution in [0.5, 0.6) is 5.88 Å². The number of halogens is 2. The van der Waals surface area contributed by atoms with Gasteiger partial charge in [-0.1, -0.05) is 23.7 Å². The average molecular weight is 310 g/mol. The lowest BCUT2D eigenvalue weighted by Crippen LogP contribution is -2.38. The van der Waals surface area contributed by atoms with E-state index in [0.717, 1.165) is 11.1 Å². The fraction of sp³-hybridized carbons (Fsp3) is 0.267. The van der Waals surface area contributed by atoms with E-state index in [2.05, 4.69) is 10.4 Å². The molecule has 3 N–H and O–H groups in total. The number of methoxy groups -OCH3 is 1. The third-order valence-corrected chi connectivity index (χ3v) is 3.50. The molecule has 0 aliphatic heterocycles. The Balaban J connectivity index is 2.03. The standard InChI is InChI=1S/C15H17ClFN3O/c1-21-15-5-3-11(9-19-15)7-12(20-18)6-10-2-4-13(16)14(17)8-10/h2-5,8-9,12,20H,6-7,18H2,1H3. The maximum atomic E-state index is 13.4. The molecule has 0 amide bonds. The van der Waals surface area contributed by atoms with Crippen LogP contribution in [-0.2, 0) is 12.8 Å². The van der Waals surface area contributed by atoms with Gasteiger partial charge in [0.1, 0.15) is 5.82 Å². The highest BCUT2D eigenvalue weighted by atomic mass is 35.5. The summed E-state index contributed by atoms with van der Waals surface area (Å²) in [5.74, 6) is 5.72. The minimum absolute atomic E-state index is 0.0271. The van der Waals surface area contributed by atoms with Crippen molar-refractivity contribution in [1.82, 2.24) is 10.4 Å². The number of hydrogen-bond acceptors (Lipinski definition) is 4. The van der Waals surface area contributed by atoms with Crippen molar-refractivity contribution in [2.45, 2.75) is 18.9 Å². The molecule has 1 unspecified atom stereocenters. The molecular formula is C15H17ClFN3O. The zero-order valence-corrected chi connectivity index (χ0v) is 12.4. The van der Waals surface area contributed by atoms with Crippen molar-refractivity contribution >= 4 is 11.6 Å². The topological polar surface area (TPSA) is 60.2 Å². The maximum absolute atomic E-state index is 13.4. The Labute approximate surface area is 128 Å². The van der Waals surface area contributed by atoms with Gasteiger partial charge >= 0.3 is 0 Å². The molecule has 2 rings (SSSR count). The number of hydrogen-bond donors (Lipinski definition) is 2.